The second-order valence-corrected chi connectivity index (χ2v) is 7.30. The molecule has 4 rings (SSSR count). The maximum atomic E-state index is 5.30. The Balaban J connectivity index is 1.90. The summed E-state index contributed by atoms with van der Waals surface area (Å²) in [5.41, 5.74) is 5.37. The first kappa shape index (κ1) is 17.6. The molecule has 136 valence electrons. The lowest BCUT2D eigenvalue weighted by Gasteiger charge is -2.12. The molecule has 2 aromatic heterocycles. The Morgan fingerprint density at radius 2 is 1.85 bits per heavy atom. The van der Waals surface area contributed by atoms with Crippen LogP contribution < -0.4 is 0 Å². The van der Waals surface area contributed by atoms with Crippen LogP contribution in [0.2, 0.25) is 0 Å². The number of benzene rings is 2. The number of aromatic amines is 1. The molecule has 0 bridgehead atoms. The molecule has 0 saturated heterocycles. The van der Waals surface area contributed by atoms with Gasteiger partial charge in [0.2, 0.25) is 0 Å². The molecule has 0 radical (unpaired) electrons. The molecule has 27 heavy (non-hydrogen) atoms. The van der Waals surface area contributed by atoms with E-state index >= 15 is 0 Å². The number of rotatable bonds is 4. The van der Waals surface area contributed by atoms with Crippen LogP contribution in [0.15, 0.2) is 54.6 Å². The summed E-state index contributed by atoms with van der Waals surface area (Å²) in [6.07, 6.45) is 1.14. The van der Waals surface area contributed by atoms with Crippen molar-refractivity contribution in [2.75, 3.05) is 0 Å². The largest absolute Gasteiger partial charge is 0.303 e. The fraction of sp³-hybridized carbons (Fsp3) is 0.227. The van der Waals surface area contributed by atoms with Crippen LogP contribution in [0.3, 0.4) is 0 Å². The second kappa shape index (κ2) is 7.08. The number of para-hydroxylation sites is 1. The second-order valence-electron chi connectivity index (χ2n) is 6.91. The first-order valence-corrected chi connectivity index (χ1v) is 9.61. The standard InChI is InChI=1S/C22H22N4S/c1-4-14(2)15-9-11-16(12-10-15)20-13-18(21-24-25-22(27)26(21)3)17-7-5-6-8-19(17)23-20/h5-14H,4H2,1-3H3,(H,25,27). The van der Waals surface area contributed by atoms with Gasteiger partial charge in [0.15, 0.2) is 10.6 Å². The van der Waals surface area contributed by atoms with Crippen molar-refractivity contribution in [2.24, 2.45) is 7.05 Å². The lowest BCUT2D eigenvalue weighted by Crippen LogP contribution is -1.96. The van der Waals surface area contributed by atoms with Crippen LogP contribution in [0.1, 0.15) is 31.7 Å². The Kier molecular flexibility index (Phi) is 4.62. The minimum atomic E-state index is 0.563. The molecule has 1 unspecified atom stereocenters. The predicted octanol–water partition coefficient (Wildman–Crippen LogP) is 5.87. The van der Waals surface area contributed by atoms with Gasteiger partial charge in [0.05, 0.1) is 11.2 Å². The Morgan fingerprint density at radius 1 is 1.11 bits per heavy atom. The average molecular weight is 375 g/mol. The summed E-state index contributed by atoms with van der Waals surface area (Å²) in [4.78, 5) is 4.89. The van der Waals surface area contributed by atoms with Crippen molar-refractivity contribution in [3.05, 3.63) is 64.9 Å². The number of pyridine rings is 1. The fourth-order valence-electron chi connectivity index (χ4n) is 3.31. The van der Waals surface area contributed by atoms with Gasteiger partial charge >= 0.3 is 0 Å². The highest BCUT2D eigenvalue weighted by Gasteiger charge is 2.14. The molecule has 0 aliphatic carbocycles. The van der Waals surface area contributed by atoms with Crippen LogP contribution in [-0.4, -0.2) is 19.7 Å². The molecule has 1 N–H and O–H groups in total. The van der Waals surface area contributed by atoms with E-state index in [4.69, 9.17) is 17.2 Å². The lowest BCUT2D eigenvalue weighted by molar-refractivity contribution is 0.734. The number of nitrogens with zero attached hydrogens (tertiary/aromatic N) is 3. The summed E-state index contributed by atoms with van der Waals surface area (Å²) in [7, 11) is 1.93. The number of fused-ring (bicyclic) bond motifs is 1. The van der Waals surface area contributed by atoms with Crippen LogP contribution in [0.4, 0.5) is 0 Å². The van der Waals surface area contributed by atoms with Crippen molar-refractivity contribution in [3.63, 3.8) is 0 Å². The van der Waals surface area contributed by atoms with Crippen molar-refractivity contribution >= 4 is 23.1 Å². The quantitative estimate of drug-likeness (QED) is 0.454. The van der Waals surface area contributed by atoms with E-state index in [0.717, 1.165) is 40.0 Å². The van der Waals surface area contributed by atoms with E-state index in [1.54, 1.807) is 0 Å². The summed E-state index contributed by atoms with van der Waals surface area (Å²) >= 11 is 5.30. The van der Waals surface area contributed by atoms with Crippen molar-refractivity contribution in [1.29, 1.82) is 0 Å². The van der Waals surface area contributed by atoms with E-state index in [-0.39, 0.29) is 0 Å². The van der Waals surface area contributed by atoms with Gasteiger partial charge in [-0.05, 0) is 42.3 Å². The maximum absolute atomic E-state index is 5.30. The van der Waals surface area contributed by atoms with E-state index in [9.17, 15) is 0 Å². The lowest BCUT2D eigenvalue weighted by atomic mass is 9.96. The Morgan fingerprint density at radius 3 is 2.52 bits per heavy atom. The van der Waals surface area contributed by atoms with E-state index in [1.165, 1.54) is 5.56 Å². The molecule has 0 spiro atoms. The van der Waals surface area contributed by atoms with Gasteiger partial charge in [-0.15, -0.1) is 0 Å². The zero-order valence-corrected chi connectivity index (χ0v) is 16.5. The molecule has 4 aromatic rings. The molecule has 2 heterocycles. The monoisotopic (exact) mass is 374 g/mol. The molecule has 2 aromatic carbocycles. The minimum absolute atomic E-state index is 0.563. The van der Waals surface area contributed by atoms with Crippen molar-refractivity contribution in [1.82, 2.24) is 19.7 Å². The first-order valence-electron chi connectivity index (χ1n) is 9.20. The molecule has 5 heteroatoms. The van der Waals surface area contributed by atoms with Crippen molar-refractivity contribution in [3.8, 4) is 22.6 Å². The van der Waals surface area contributed by atoms with E-state index in [1.807, 2.05) is 29.8 Å². The summed E-state index contributed by atoms with van der Waals surface area (Å²) in [5.74, 6) is 1.38. The van der Waals surface area contributed by atoms with Gasteiger partial charge in [0.1, 0.15) is 0 Å². The molecular weight excluding hydrogens is 352 g/mol. The third-order valence-electron chi connectivity index (χ3n) is 5.22. The normalized spacial score (nSPS) is 12.4. The number of aromatic nitrogens is 4. The van der Waals surface area contributed by atoms with Crippen LogP contribution >= 0.6 is 12.2 Å². The molecule has 0 aliphatic rings. The summed E-state index contributed by atoms with van der Waals surface area (Å²) in [6.45, 7) is 4.47. The summed E-state index contributed by atoms with van der Waals surface area (Å²) in [6, 6.07) is 19.0. The van der Waals surface area contributed by atoms with Crippen LogP contribution in [-0.2, 0) is 7.05 Å². The molecular formula is C22H22N4S. The smallest absolute Gasteiger partial charge is 0.195 e. The summed E-state index contributed by atoms with van der Waals surface area (Å²) < 4.78 is 2.50. The van der Waals surface area contributed by atoms with Gasteiger partial charge in [-0.2, -0.15) is 5.10 Å². The molecule has 0 fully saturated rings. The zero-order chi connectivity index (χ0) is 19.0. The van der Waals surface area contributed by atoms with Crippen LogP contribution in [0, 0.1) is 4.77 Å². The van der Waals surface area contributed by atoms with Crippen molar-refractivity contribution in [2.45, 2.75) is 26.2 Å². The van der Waals surface area contributed by atoms with Gasteiger partial charge in [-0.25, -0.2) is 4.98 Å². The number of nitrogens with one attached hydrogen (secondary N) is 1. The molecule has 4 nitrogen and oxygen atoms in total. The number of hydrogen-bond donors (Lipinski definition) is 1. The highest BCUT2D eigenvalue weighted by Crippen LogP contribution is 2.31. The van der Waals surface area contributed by atoms with E-state index in [0.29, 0.717) is 10.7 Å². The Bertz CT molecular complexity index is 1160. The predicted molar refractivity (Wildman–Crippen MR) is 113 cm³/mol. The molecule has 1 atom stereocenters. The average Bonchev–Trinajstić information content (AvgIpc) is 3.05. The first-order chi connectivity index (χ1) is 13.1. The molecule has 0 saturated carbocycles. The zero-order valence-electron chi connectivity index (χ0n) is 15.7. The maximum Gasteiger partial charge on any atom is 0.195 e. The van der Waals surface area contributed by atoms with Gasteiger partial charge in [0, 0.05) is 23.6 Å². The highest BCUT2D eigenvalue weighted by molar-refractivity contribution is 7.71. The van der Waals surface area contributed by atoms with Gasteiger partial charge in [-0.3, -0.25) is 5.10 Å². The van der Waals surface area contributed by atoms with Gasteiger partial charge in [0.25, 0.3) is 0 Å². The number of H-pyrrole nitrogens is 1. The third kappa shape index (κ3) is 3.19. The van der Waals surface area contributed by atoms with Crippen molar-refractivity contribution < 1.29 is 0 Å². The Labute approximate surface area is 163 Å². The van der Waals surface area contributed by atoms with Crippen LogP contribution in [0.25, 0.3) is 33.5 Å². The van der Waals surface area contributed by atoms with E-state index < -0.39 is 0 Å². The third-order valence-corrected chi connectivity index (χ3v) is 5.59. The Hall–Kier alpha value is -2.79. The van der Waals surface area contributed by atoms with E-state index in [2.05, 4.69) is 60.4 Å². The minimum Gasteiger partial charge on any atom is -0.303 e. The SMILES string of the molecule is CCC(C)c1ccc(-c2cc(-c3n[nH]c(=S)n3C)c3ccccc3n2)cc1. The van der Waals surface area contributed by atoms with Gasteiger partial charge < -0.3 is 4.57 Å². The molecule has 0 amide bonds. The molecule has 0 aliphatic heterocycles. The fourth-order valence-corrected chi connectivity index (χ4v) is 3.45. The summed E-state index contributed by atoms with van der Waals surface area (Å²) in [5, 5.41) is 8.38. The van der Waals surface area contributed by atoms with Gasteiger partial charge in [-0.1, -0.05) is 56.3 Å². The highest BCUT2D eigenvalue weighted by atomic mass is 32.1. The van der Waals surface area contributed by atoms with Crippen LogP contribution in [0.5, 0.6) is 0 Å². The number of hydrogen-bond acceptors (Lipinski definition) is 3. The topological polar surface area (TPSA) is 46.5 Å².